The summed E-state index contributed by atoms with van der Waals surface area (Å²) in [4.78, 5) is 29.5. The summed E-state index contributed by atoms with van der Waals surface area (Å²) >= 11 is 0. The zero-order valence-electron chi connectivity index (χ0n) is 10.5. The fourth-order valence-electron chi connectivity index (χ4n) is 2.70. The quantitative estimate of drug-likeness (QED) is 0.681. The summed E-state index contributed by atoms with van der Waals surface area (Å²) < 4.78 is 0. The maximum absolute atomic E-state index is 12.1. The Hall–Kier alpha value is -1.54. The second-order valence-electron chi connectivity index (χ2n) is 4.19. The van der Waals surface area contributed by atoms with Crippen LogP contribution in [-0.2, 0) is 0 Å². The number of carbonyl (C=O) groups is 2. The first-order chi connectivity index (χ1) is 8.62. The minimum absolute atomic E-state index is 0.320. The van der Waals surface area contributed by atoms with Crippen LogP contribution in [0, 0.1) is 0 Å². The number of fused-ring (bicyclic) bond motifs is 1. The van der Waals surface area contributed by atoms with Gasteiger partial charge in [-0.05, 0) is 13.8 Å². The van der Waals surface area contributed by atoms with Crippen LogP contribution in [0.5, 0.6) is 0 Å². The Morgan fingerprint density at radius 1 is 0.833 bits per heavy atom. The van der Waals surface area contributed by atoms with E-state index in [-0.39, 0.29) is 12.1 Å². The number of hydrogen-bond donors (Lipinski definition) is 2. The van der Waals surface area contributed by atoms with Crippen LogP contribution in [0.15, 0.2) is 0 Å². The average molecular weight is 258 g/mol. The molecule has 2 aliphatic rings. The molecule has 18 heavy (non-hydrogen) atoms. The average Bonchev–Trinajstić information content (AvgIpc) is 2.78. The van der Waals surface area contributed by atoms with Gasteiger partial charge in [0.15, 0.2) is 12.3 Å². The molecule has 102 valence electrons. The molecule has 2 unspecified atom stereocenters. The zero-order chi connectivity index (χ0) is 13.4. The van der Waals surface area contributed by atoms with Crippen molar-refractivity contribution in [1.29, 1.82) is 0 Å². The topological polar surface area (TPSA) is 87.6 Å². The van der Waals surface area contributed by atoms with E-state index in [0.717, 1.165) is 0 Å². The molecule has 2 fully saturated rings. The summed E-state index contributed by atoms with van der Waals surface area (Å²) in [6, 6.07) is -0.640. The van der Waals surface area contributed by atoms with Crippen LogP contribution in [-0.4, -0.2) is 80.8 Å². The van der Waals surface area contributed by atoms with E-state index in [2.05, 4.69) is 0 Å². The zero-order valence-corrected chi connectivity index (χ0v) is 10.5. The molecule has 0 aromatic rings. The van der Waals surface area contributed by atoms with Gasteiger partial charge in [-0.2, -0.15) is 0 Å². The highest BCUT2D eigenvalue weighted by atomic mass is 16.3. The molecule has 2 N–H and O–H groups in total. The van der Waals surface area contributed by atoms with E-state index >= 15 is 0 Å². The van der Waals surface area contributed by atoms with Crippen LogP contribution in [0.25, 0.3) is 0 Å². The molecule has 0 aromatic carbocycles. The molecule has 0 aliphatic carbocycles. The first kappa shape index (κ1) is 12.9. The summed E-state index contributed by atoms with van der Waals surface area (Å²) in [7, 11) is 0. The van der Waals surface area contributed by atoms with Crippen molar-refractivity contribution in [1.82, 2.24) is 19.6 Å². The van der Waals surface area contributed by atoms with Gasteiger partial charge in [-0.3, -0.25) is 9.80 Å². The van der Waals surface area contributed by atoms with Gasteiger partial charge in [0.05, 0.1) is 0 Å². The lowest BCUT2D eigenvalue weighted by Crippen LogP contribution is -2.46. The number of carbonyl (C=O) groups excluding carboxylic acids is 2. The molecule has 0 bridgehead atoms. The third-order valence-electron chi connectivity index (χ3n) is 3.51. The van der Waals surface area contributed by atoms with E-state index in [9.17, 15) is 19.8 Å². The summed E-state index contributed by atoms with van der Waals surface area (Å²) in [6.45, 7) is 3.53. The minimum Gasteiger partial charge on any atom is -0.376 e. The van der Waals surface area contributed by atoms with Crippen LogP contribution in [0.2, 0.25) is 0 Å². The predicted octanol–water partition coefficient (Wildman–Crippen LogP) is -0.947. The number of aliphatic hydroxyl groups is 2. The maximum atomic E-state index is 12.1. The monoisotopic (exact) mass is 258 g/mol. The highest BCUT2D eigenvalue weighted by Gasteiger charge is 2.57. The van der Waals surface area contributed by atoms with Crippen LogP contribution < -0.4 is 0 Å². The minimum atomic E-state index is -0.535. The molecule has 8 heteroatoms. The number of hydrogen-bond acceptors (Lipinski definition) is 4. The normalized spacial score (nSPS) is 27.6. The van der Waals surface area contributed by atoms with Crippen LogP contribution >= 0.6 is 0 Å². The van der Waals surface area contributed by atoms with Crippen molar-refractivity contribution in [2.45, 2.75) is 26.2 Å². The lowest BCUT2D eigenvalue weighted by atomic mass is 10.3. The molecule has 4 amide bonds. The summed E-state index contributed by atoms with van der Waals surface area (Å²) in [5.41, 5.74) is 0. The Labute approximate surface area is 105 Å². The molecule has 2 aliphatic heterocycles. The molecule has 2 atom stereocenters. The molecule has 2 rings (SSSR count). The van der Waals surface area contributed by atoms with Gasteiger partial charge in [0.1, 0.15) is 13.5 Å². The lowest BCUT2D eigenvalue weighted by Gasteiger charge is -2.27. The molecular formula is C10H18N4O4. The van der Waals surface area contributed by atoms with E-state index in [4.69, 9.17) is 0 Å². The summed E-state index contributed by atoms with van der Waals surface area (Å²) in [5, 5.41) is 18.6. The van der Waals surface area contributed by atoms with E-state index in [1.807, 2.05) is 0 Å². The highest BCUT2D eigenvalue weighted by Crippen LogP contribution is 2.33. The molecule has 8 nitrogen and oxygen atoms in total. The second-order valence-corrected chi connectivity index (χ2v) is 4.19. The Morgan fingerprint density at radius 3 is 1.39 bits per heavy atom. The maximum Gasteiger partial charge on any atom is 0.325 e. The van der Waals surface area contributed by atoms with Gasteiger partial charge in [-0.1, -0.05) is 0 Å². The Kier molecular flexibility index (Phi) is 3.31. The number of likely N-dealkylation sites (N-methyl/N-ethyl adjacent to an activating group) is 2. The summed E-state index contributed by atoms with van der Waals surface area (Å²) in [5.74, 6) is 0. The largest absolute Gasteiger partial charge is 0.376 e. The number of urea groups is 2. The van der Waals surface area contributed by atoms with Crippen LogP contribution in [0.4, 0.5) is 9.59 Å². The third-order valence-corrected chi connectivity index (χ3v) is 3.51. The molecule has 2 saturated heterocycles. The van der Waals surface area contributed by atoms with Crippen molar-refractivity contribution in [3.05, 3.63) is 0 Å². The van der Waals surface area contributed by atoms with E-state index in [1.165, 1.54) is 19.6 Å². The van der Waals surface area contributed by atoms with Crippen molar-refractivity contribution in [2.75, 3.05) is 26.6 Å². The molecule has 0 spiro atoms. The van der Waals surface area contributed by atoms with Crippen molar-refractivity contribution >= 4 is 12.1 Å². The van der Waals surface area contributed by atoms with Crippen molar-refractivity contribution in [3.63, 3.8) is 0 Å². The standard InChI is InChI=1S/C10H18N4O4/c1-3-11-7-8(14(6-16)9(11)17)12(4-2)10(18)13(7)5-15/h7-8,15-16H,3-6H2,1-2H3. The number of aliphatic hydroxyl groups excluding tert-OH is 2. The van der Waals surface area contributed by atoms with Crippen molar-refractivity contribution in [3.8, 4) is 0 Å². The van der Waals surface area contributed by atoms with E-state index in [0.29, 0.717) is 13.1 Å². The van der Waals surface area contributed by atoms with E-state index < -0.39 is 25.8 Å². The van der Waals surface area contributed by atoms with Gasteiger partial charge in [0.2, 0.25) is 0 Å². The smallest absolute Gasteiger partial charge is 0.325 e. The molecule has 2 heterocycles. The predicted molar refractivity (Wildman–Crippen MR) is 61.0 cm³/mol. The number of amides is 4. The van der Waals surface area contributed by atoms with Crippen LogP contribution in [0.3, 0.4) is 0 Å². The number of rotatable bonds is 4. The summed E-state index contributed by atoms with van der Waals surface area (Å²) in [6.07, 6.45) is -1.07. The highest BCUT2D eigenvalue weighted by molar-refractivity contribution is 5.85. The van der Waals surface area contributed by atoms with Gasteiger partial charge in [0.25, 0.3) is 0 Å². The SMILES string of the molecule is CCN1C(=O)N(CO)C2C1N(CO)C(=O)N2CC. The first-order valence-electron chi connectivity index (χ1n) is 5.98. The molecular weight excluding hydrogens is 240 g/mol. The van der Waals surface area contributed by atoms with Gasteiger partial charge in [0, 0.05) is 13.1 Å². The van der Waals surface area contributed by atoms with Gasteiger partial charge < -0.3 is 20.0 Å². The Balaban J connectivity index is 2.41. The van der Waals surface area contributed by atoms with Gasteiger partial charge >= 0.3 is 12.1 Å². The molecule has 0 radical (unpaired) electrons. The lowest BCUT2D eigenvalue weighted by molar-refractivity contribution is 0.0502. The van der Waals surface area contributed by atoms with Gasteiger partial charge in [-0.25, -0.2) is 9.59 Å². The fourth-order valence-corrected chi connectivity index (χ4v) is 2.70. The first-order valence-corrected chi connectivity index (χ1v) is 5.98. The Morgan fingerprint density at radius 2 is 1.17 bits per heavy atom. The number of nitrogens with zero attached hydrogens (tertiary/aromatic N) is 4. The second kappa shape index (κ2) is 4.62. The van der Waals surface area contributed by atoms with Crippen molar-refractivity contribution < 1.29 is 19.8 Å². The van der Waals surface area contributed by atoms with Gasteiger partial charge in [-0.15, -0.1) is 0 Å². The van der Waals surface area contributed by atoms with Crippen molar-refractivity contribution in [2.24, 2.45) is 0 Å². The molecule has 0 aromatic heterocycles. The van der Waals surface area contributed by atoms with Crippen LogP contribution in [0.1, 0.15) is 13.8 Å². The Bertz CT molecular complexity index is 302. The fraction of sp³-hybridized carbons (Fsp3) is 0.800. The molecule has 0 saturated carbocycles. The third kappa shape index (κ3) is 1.45. The van der Waals surface area contributed by atoms with E-state index in [1.54, 1.807) is 13.8 Å².